The maximum Gasteiger partial charge on any atom is 0.251 e. The summed E-state index contributed by atoms with van der Waals surface area (Å²) in [6, 6.07) is 21.0. The minimum absolute atomic E-state index is 0.137. The zero-order chi connectivity index (χ0) is 22.4. The van der Waals surface area contributed by atoms with Gasteiger partial charge >= 0.3 is 0 Å². The summed E-state index contributed by atoms with van der Waals surface area (Å²) in [7, 11) is -3.51. The fraction of sp³-hybridized carbons (Fsp3) is 0.174. The summed E-state index contributed by atoms with van der Waals surface area (Å²) in [5.41, 5.74) is 2.83. The lowest BCUT2D eigenvalue weighted by Crippen LogP contribution is -2.29. The van der Waals surface area contributed by atoms with Gasteiger partial charge in [0, 0.05) is 22.2 Å². The Balaban J connectivity index is 1.63. The quantitative estimate of drug-likeness (QED) is 0.500. The Morgan fingerprint density at radius 3 is 2.16 bits per heavy atom. The molecule has 3 rings (SSSR count). The topological polar surface area (TPSA) is 66.5 Å². The largest absolute Gasteiger partial charge is 0.352 e. The van der Waals surface area contributed by atoms with Crippen molar-refractivity contribution >= 4 is 44.8 Å². The predicted octanol–water partition coefficient (Wildman–Crippen LogP) is 4.93. The number of carbonyl (C=O) groups excluding carboxylic acids is 1. The lowest BCUT2D eigenvalue weighted by molar-refractivity contribution is 0.0954. The Hall–Kier alpha value is -2.54. The van der Waals surface area contributed by atoms with E-state index >= 15 is 0 Å². The first kappa shape index (κ1) is 23.1. The minimum Gasteiger partial charge on any atom is -0.352 e. The molecule has 31 heavy (non-hydrogen) atoms. The second-order valence-electron chi connectivity index (χ2n) is 7.08. The molecular formula is C23H22Cl2N2O3S. The van der Waals surface area contributed by atoms with Gasteiger partial charge in [0.1, 0.15) is 0 Å². The molecule has 0 fully saturated rings. The first-order valence-corrected chi connectivity index (χ1v) is 12.2. The predicted molar refractivity (Wildman–Crippen MR) is 126 cm³/mol. The Bertz CT molecular complexity index is 1150. The summed E-state index contributed by atoms with van der Waals surface area (Å²) in [5.74, 6) is -0.185. The molecule has 0 saturated carbocycles. The van der Waals surface area contributed by atoms with Gasteiger partial charge in [-0.1, -0.05) is 53.5 Å². The zero-order valence-corrected chi connectivity index (χ0v) is 19.2. The first-order valence-electron chi connectivity index (χ1n) is 9.57. The number of amides is 1. The van der Waals surface area contributed by atoms with Crippen molar-refractivity contribution in [2.45, 2.75) is 13.0 Å². The van der Waals surface area contributed by atoms with E-state index < -0.39 is 10.0 Å². The Kier molecular flexibility index (Phi) is 7.59. The van der Waals surface area contributed by atoms with E-state index in [1.54, 1.807) is 48.5 Å². The van der Waals surface area contributed by atoms with E-state index in [1.165, 1.54) is 4.31 Å². The molecule has 0 bridgehead atoms. The van der Waals surface area contributed by atoms with Gasteiger partial charge in [0.25, 0.3) is 5.91 Å². The molecule has 0 atom stereocenters. The number of halogens is 2. The zero-order valence-electron chi connectivity index (χ0n) is 16.9. The number of hydrogen-bond acceptors (Lipinski definition) is 3. The summed E-state index contributed by atoms with van der Waals surface area (Å²) in [6.07, 6.45) is 1.85. The number of anilines is 1. The van der Waals surface area contributed by atoms with Crippen LogP contribution in [-0.2, 0) is 23.0 Å². The summed E-state index contributed by atoms with van der Waals surface area (Å²) < 4.78 is 25.9. The van der Waals surface area contributed by atoms with Crippen LogP contribution >= 0.6 is 23.2 Å². The molecule has 8 heteroatoms. The number of sulfonamides is 1. The van der Waals surface area contributed by atoms with E-state index in [1.807, 2.05) is 24.3 Å². The van der Waals surface area contributed by atoms with Gasteiger partial charge in [0.05, 0.1) is 18.5 Å². The number of rotatable bonds is 8. The highest BCUT2D eigenvalue weighted by atomic mass is 35.5. The normalized spacial score (nSPS) is 11.2. The van der Waals surface area contributed by atoms with Gasteiger partial charge in [-0.2, -0.15) is 0 Å². The second-order valence-corrected chi connectivity index (χ2v) is 9.86. The Labute approximate surface area is 192 Å². The van der Waals surface area contributed by atoms with E-state index in [0.717, 1.165) is 17.4 Å². The molecule has 0 spiro atoms. The third kappa shape index (κ3) is 6.72. The molecule has 1 N–H and O–H groups in total. The third-order valence-electron chi connectivity index (χ3n) is 4.65. The molecule has 0 aromatic heterocycles. The van der Waals surface area contributed by atoms with Crippen molar-refractivity contribution in [1.82, 2.24) is 5.32 Å². The summed E-state index contributed by atoms with van der Waals surface area (Å²) in [6.45, 7) is 0.635. The molecule has 3 aromatic rings. The van der Waals surface area contributed by atoms with E-state index in [-0.39, 0.29) is 12.5 Å². The van der Waals surface area contributed by atoms with Gasteiger partial charge in [-0.15, -0.1) is 0 Å². The summed E-state index contributed by atoms with van der Waals surface area (Å²) in [4.78, 5) is 12.4. The molecule has 5 nitrogen and oxygen atoms in total. The number of nitrogens with one attached hydrogen (secondary N) is 1. The lowest BCUT2D eigenvalue weighted by Gasteiger charge is -2.22. The Morgan fingerprint density at radius 1 is 0.903 bits per heavy atom. The van der Waals surface area contributed by atoms with Gasteiger partial charge in [0.2, 0.25) is 10.0 Å². The van der Waals surface area contributed by atoms with Crippen molar-refractivity contribution < 1.29 is 13.2 Å². The Morgan fingerprint density at radius 2 is 1.55 bits per heavy atom. The van der Waals surface area contributed by atoms with Crippen molar-refractivity contribution in [3.8, 4) is 0 Å². The second kappa shape index (κ2) is 10.2. The average molecular weight is 477 g/mol. The molecule has 1 amide bonds. The summed E-state index contributed by atoms with van der Waals surface area (Å²) in [5, 5.41) is 4.02. The highest BCUT2D eigenvalue weighted by molar-refractivity contribution is 7.92. The molecule has 0 saturated heterocycles. The van der Waals surface area contributed by atoms with Crippen molar-refractivity contribution in [1.29, 1.82) is 0 Å². The van der Waals surface area contributed by atoms with Crippen molar-refractivity contribution in [3.63, 3.8) is 0 Å². The number of nitrogens with zero attached hydrogens (tertiary/aromatic N) is 1. The van der Waals surface area contributed by atoms with Crippen LogP contribution in [0.4, 0.5) is 5.69 Å². The van der Waals surface area contributed by atoms with Crippen molar-refractivity contribution in [2.75, 3.05) is 17.1 Å². The minimum atomic E-state index is -3.51. The van der Waals surface area contributed by atoms with Crippen LogP contribution in [0.25, 0.3) is 0 Å². The monoisotopic (exact) mass is 476 g/mol. The van der Waals surface area contributed by atoms with Crippen molar-refractivity contribution in [2.24, 2.45) is 0 Å². The SMILES string of the molecule is CS(=O)(=O)N(Cc1ccc(C(=O)NCCc2ccc(Cl)cc2)cc1)c1cccc(Cl)c1. The highest BCUT2D eigenvalue weighted by Crippen LogP contribution is 2.24. The number of carbonyl (C=O) groups is 1. The maximum absolute atomic E-state index is 12.4. The molecule has 162 valence electrons. The molecule has 0 aliphatic carbocycles. The molecule has 0 unspecified atom stereocenters. The molecule has 0 aliphatic heterocycles. The van der Waals surface area contributed by atoms with Gasteiger partial charge in [0.15, 0.2) is 0 Å². The van der Waals surface area contributed by atoms with Gasteiger partial charge in [-0.25, -0.2) is 8.42 Å². The van der Waals surface area contributed by atoms with E-state index in [9.17, 15) is 13.2 Å². The van der Waals surface area contributed by atoms with Gasteiger partial charge < -0.3 is 5.32 Å². The van der Waals surface area contributed by atoms with Crippen LogP contribution in [0.5, 0.6) is 0 Å². The maximum atomic E-state index is 12.4. The number of hydrogen-bond donors (Lipinski definition) is 1. The molecule has 0 radical (unpaired) electrons. The molecule has 0 heterocycles. The molecule has 3 aromatic carbocycles. The fourth-order valence-corrected chi connectivity index (χ4v) is 4.22. The van der Waals surface area contributed by atoms with Crippen LogP contribution in [0.1, 0.15) is 21.5 Å². The van der Waals surface area contributed by atoms with Crippen LogP contribution in [-0.4, -0.2) is 27.1 Å². The van der Waals surface area contributed by atoms with E-state index in [0.29, 0.717) is 34.3 Å². The number of benzene rings is 3. The van der Waals surface area contributed by atoms with E-state index in [2.05, 4.69) is 5.32 Å². The molecular weight excluding hydrogens is 455 g/mol. The van der Waals surface area contributed by atoms with E-state index in [4.69, 9.17) is 23.2 Å². The standard InChI is InChI=1S/C23H22Cl2N2O3S/c1-31(29,30)27(22-4-2-3-21(25)15-22)16-18-5-9-19(10-6-18)23(28)26-14-13-17-7-11-20(24)12-8-17/h2-12,15H,13-14,16H2,1H3,(H,26,28). The lowest BCUT2D eigenvalue weighted by atomic mass is 10.1. The average Bonchev–Trinajstić information content (AvgIpc) is 2.73. The smallest absolute Gasteiger partial charge is 0.251 e. The van der Waals surface area contributed by atoms with Crippen LogP contribution < -0.4 is 9.62 Å². The fourth-order valence-electron chi connectivity index (χ4n) is 3.03. The van der Waals surface area contributed by atoms with Gasteiger partial charge in [-0.3, -0.25) is 9.10 Å². The van der Waals surface area contributed by atoms with Crippen LogP contribution in [0.2, 0.25) is 10.0 Å². The highest BCUT2D eigenvalue weighted by Gasteiger charge is 2.18. The van der Waals surface area contributed by atoms with Crippen LogP contribution in [0.15, 0.2) is 72.8 Å². The van der Waals surface area contributed by atoms with Crippen LogP contribution in [0, 0.1) is 0 Å². The van der Waals surface area contributed by atoms with Crippen molar-refractivity contribution in [3.05, 3.63) is 99.5 Å². The summed E-state index contributed by atoms with van der Waals surface area (Å²) >= 11 is 11.9. The van der Waals surface area contributed by atoms with Crippen LogP contribution in [0.3, 0.4) is 0 Å². The van der Waals surface area contributed by atoms with Gasteiger partial charge in [-0.05, 0) is 60.0 Å². The molecule has 0 aliphatic rings. The third-order valence-corrected chi connectivity index (χ3v) is 6.28. The first-order chi connectivity index (χ1) is 14.7.